The highest BCUT2D eigenvalue weighted by molar-refractivity contribution is 6.31. The molecule has 0 bridgehead atoms. The molecule has 19 heavy (non-hydrogen) atoms. The third-order valence-corrected chi connectivity index (χ3v) is 3.86. The number of rotatable bonds is 4. The van der Waals surface area contributed by atoms with Crippen molar-refractivity contribution in [1.82, 2.24) is 0 Å². The third-order valence-electron chi connectivity index (χ3n) is 3.49. The summed E-state index contributed by atoms with van der Waals surface area (Å²) in [6.45, 7) is 2.00. The Hall–Kier alpha value is -1.38. The molecule has 1 unspecified atom stereocenters. The van der Waals surface area contributed by atoms with E-state index in [0.717, 1.165) is 11.1 Å². The van der Waals surface area contributed by atoms with Gasteiger partial charge in [0.05, 0.1) is 0 Å². The highest BCUT2D eigenvalue weighted by Gasteiger charge is 2.26. The van der Waals surface area contributed by atoms with Gasteiger partial charge in [-0.1, -0.05) is 48.9 Å². The van der Waals surface area contributed by atoms with Crippen LogP contribution in [0.15, 0.2) is 48.5 Å². The van der Waals surface area contributed by atoms with E-state index in [1.807, 2.05) is 37.3 Å². The maximum Gasteiger partial charge on any atom is 0.123 e. The first-order valence-electron chi connectivity index (χ1n) is 6.33. The van der Waals surface area contributed by atoms with Crippen molar-refractivity contribution in [3.8, 4) is 0 Å². The molecule has 3 heteroatoms. The third kappa shape index (κ3) is 3.14. The van der Waals surface area contributed by atoms with Crippen LogP contribution in [0.2, 0.25) is 5.02 Å². The van der Waals surface area contributed by atoms with E-state index in [1.54, 1.807) is 6.07 Å². The Kier molecular flexibility index (Phi) is 4.23. The Balaban J connectivity index is 2.36. The summed E-state index contributed by atoms with van der Waals surface area (Å²) in [5, 5.41) is 0.696. The molecular weight excluding hydrogens is 261 g/mol. The Morgan fingerprint density at radius 2 is 1.89 bits per heavy atom. The average Bonchev–Trinajstić information content (AvgIpc) is 2.41. The van der Waals surface area contributed by atoms with Crippen molar-refractivity contribution >= 4 is 11.6 Å². The van der Waals surface area contributed by atoms with Gasteiger partial charge >= 0.3 is 0 Å². The van der Waals surface area contributed by atoms with Gasteiger partial charge in [-0.05, 0) is 42.2 Å². The van der Waals surface area contributed by atoms with Gasteiger partial charge < -0.3 is 5.73 Å². The van der Waals surface area contributed by atoms with E-state index in [9.17, 15) is 4.39 Å². The van der Waals surface area contributed by atoms with Crippen LogP contribution in [0, 0.1) is 5.82 Å². The Morgan fingerprint density at radius 1 is 1.16 bits per heavy atom. The highest BCUT2D eigenvalue weighted by atomic mass is 35.5. The number of hydrogen-bond donors (Lipinski definition) is 1. The summed E-state index contributed by atoms with van der Waals surface area (Å²) in [5.41, 5.74) is 7.64. The van der Waals surface area contributed by atoms with E-state index in [4.69, 9.17) is 17.3 Å². The molecule has 1 atom stereocenters. The second kappa shape index (κ2) is 5.72. The van der Waals surface area contributed by atoms with Crippen molar-refractivity contribution in [2.45, 2.75) is 25.3 Å². The van der Waals surface area contributed by atoms with Gasteiger partial charge in [-0.3, -0.25) is 0 Å². The largest absolute Gasteiger partial charge is 0.321 e. The molecule has 0 saturated carbocycles. The second-order valence-corrected chi connectivity index (χ2v) is 5.20. The van der Waals surface area contributed by atoms with Gasteiger partial charge in [-0.2, -0.15) is 0 Å². The van der Waals surface area contributed by atoms with E-state index < -0.39 is 5.54 Å². The van der Waals surface area contributed by atoms with E-state index in [1.165, 1.54) is 12.1 Å². The molecule has 0 heterocycles. The number of benzene rings is 2. The maximum atomic E-state index is 13.4. The SMILES string of the molecule is CCC(N)(Cc1ccccc1Cl)c1cccc(F)c1. The number of halogens is 2. The lowest BCUT2D eigenvalue weighted by atomic mass is 9.82. The molecule has 1 nitrogen and oxygen atoms in total. The molecule has 0 radical (unpaired) electrons. The number of nitrogens with two attached hydrogens (primary N) is 1. The Bertz CT molecular complexity index is 570. The zero-order valence-electron chi connectivity index (χ0n) is 10.9. The van der Waals surface area contributed by atoms with Crippen molar-refractivity contribution in [1.29, 1.82) is 0 Å². The number of hydrogen-bond acceptors (Lipinski definition) is 1. The van der Waals surface area contributed by atoms with Crippen molar-refractivity contribution in [3.05, 3.63) is 70.5 Å². The molecule has 100 valence electrons. The molecule has 2 aromatic carbocycles. The first-order valence-corrected chi connectivity index (χ1v) is 6.71. The predicted octanol–water partition coefficient (Wildman–Crippen LogP) is 4.29. The second-order valence-electron chi connectivity index (χ2n) is 4.79. The van der Waals surface area contributed by atoms with E-state index in [0.29, 0.717) is 17.9 Å². The van der Waals surface area contributed by atoms with Crippen LogP contribution in [0.4, 0.5) is 4.39 Å². The van der Waals surface area contributed by atoms with Crippen LogP contribution in [0.25, 0.3) is 0 Å². The molecular formula is C16H17ClFN. The van der Waals surface area contributed by atoms with Gasteiger partial charge in [0.2, 0.25) is 0 Å². The van der Waals surface area contributed by atoms with Crippen molar-refractivity contribution in [3.63, 3.8) is 0 Å². The van der Waals surface area contributed by atoms with Crippen LogP contribution in [-0.2, 0) is 12.0 Å². The summed E-state index contributed by atoms with van der Waals surface area (Å²) < 4.78 is 13.4. The van der Waals surface area contributed by atoms with Crippen LogP contribution < -0.4 is 5.73 Å². The van der Waals surface area contributed by atoms with Gasteiger partial charge in [0.25, 0.3) is 0 Å². The molecule has 0 spiro atoms. The topological polar surface area (TPSA) is 26.0 Å². The van der Waals surface area contributed by atoms with Crippen LogP contribution >= 0.6 is 11.6 Å². The maximum absolute atomic E-state index is 13.4. The van der Waals surface area contributed by atoms with E-state index in [2.05, 4.69) is 0 Å². The lowest BCUT2D eigenvalue weighted by molar-refractivity contribution is 0.422. The minimum absolute atomic E-state index is 0.264. The smallest absolute Gasteiger partial charge is 0.123 e. The summed E-state index contributed by atoms with van der Waals surface area (Å²) in [6.07, 6.45) is 1.30. The summed E-state index contributed by atoms with van der Waals surface area (Å²) in [7, 11) is 0. The van der Waals surface area contributed by atoms with Crippen molar-refractivity contribution in [2.24, 2.45) is 5.73 Å². The van der Waals surface area contributed by atoms with Crippen LogP contribution in [-0.4, -0.2) is 0 Å². The van der Waals surface area contributed by atoms with Gasteiger partial charge in [0.15, 0.2) is 0 Å². The molecule has 0 amide bonds. The van der Waals surface area contributed by atoms with Crippen LogP contribution in [0.5, 0.6) is 0 Å². The van der Waals surface area contributed by atoms with E-state index in [-0.39, 0.29) is 5.82 Å². The molecule has 0 fully saturated rings. The monoisotopic (exact) mass is 277 g/mol. The van der Waals surface area contributed by atoms with Gasteiger partial charge in [-0.15, -0.1) is 0 Å². The minimum Gasteiger partial charge on any atom is -0.321 e. The summed E-state index contributed by atoms with van der Waals surface area (Å²) in [4.78, 5) is 0. The van der Waals surface area contributed by atoms with Crippen LogP contribution in [0.1, 0.15) is 24.5 Å². The zero-order chi connectivity index (χ0) is 13.9. The van der Waals surface area contributed by atoms with Gasteiger partial charge in [0.1, 0.15) is 5.82 Å². The fourth-order valence-corrected chi connectivity index (χ4v) is 2.41. The van der Waals surface area contributed by atoms with E-state index >= 15 is 0 Å². The Morgan fingerprint density at radius 3 is 2.53 bits per heavy atom. The normalized spacial score (nSPS) is 14.1. The molecule has 0 saturated heterocycles. The zero-order valence-corrected chi connectivity index (χ0v) is 11.6. The summed E-state index contributed by atoms with van der Waals surface area (Å²) in [6, 6.07) is 14.1. The fourth-order valence-electron chi connectivity index (χ4n) is 2.21. The van der Waals surface area contributed by atoms with Gasteiger partial charge in [0, 0.05) is 10.6 Å². The molecule has 0 aliphatic rings. The summed E-state index contributed by atoms with van der Waals surface area (Å²) >= 11 is 6.18. The molecule has 0 aromatic heterocycles. The quantitative estimate of drug-likeness (QED) is 0.887. The predicted molar refractivity (Wildman–Crippen MR) is 77.7 cm³/mol. The summed E-state index contributed by atoms with van der Waals surface area (Å²) in [5.74, 6) is -0.264. The van der Waals surface area contributed by atoms with Crippen LogP contribution in [0.3, 0.4) is 0 Å². The molecule has 2 N–H and O–H groups in total. The highest BCUT2D eigenvalue weighted by Crippen LogP contribution is 2.29. The molecule has 2 aromatic rings. The molecule has 0 aliphatic heterocycles. The first-order chi connectivity index (χ1) is 9.05. The first kappa shape index (κ1) is 14.0. The average molecular weight is 278 g/mol. The van der Waals surface area contributed by atoms with Crippen molar-refractivity contribution in [2.75, 3.05) is 0 Å². The van der Waals surface area contributed by atoms with Gasteiger partial charge in [-0.25, -0.2) is 4.39 Å². The lowest BCUT2D eigenvalue weighted by Gasteiger charge is -2.29. The lowest BCUT2D eigenvalue weighted by Crippen LogP contribution is -2.38. The fraction of sp³-hybridized carbons (Fsp3) is 0.250. The Labute approximate surface area is 118 Å². The molecule has 0 aliphatic carbocycles. The molecule has 2 rings (SSSR count). The van der Waals surface area contributed by atoms with Crippen molar-refractivity contribution < 1.29 is 4.39 Å². The standard InChI is InChI=1S/C16H17ClFN/c1-2-16(19,13-7-5-8-14(18)10-13)11-12-6-3-4-9-15(12)17/h3-10H,2,11,19H2,1H3. The minimum atomic E-state index is -0.604.